The van der Waals surface area contributed by atoms with Crippen LogP contribution in [0.2, 0.25) is 0 Å². The summed E-state index contributed by atoms with van der Waals surface area (Å²) in [7, 11) is 0. The first-order valence-corrected chi connectivity index (χ1v) is 5.68. The van der Waals surface area contributed by atoms with Crippen LogP contribution in [0.25, 0.3) is 11.3 Å². The highest BCUT2D eigenvalue weighted by molar-refractivity contribution is 5.67. The Kier molecular flexibility index (Phi) is 3.32. The molecule has 3 nitrogen and oxygen atoms in total. The topological polar surface area (TPSA) is 52.0 Å². The summed E-state index contributed by atoms with van der Waals surface area (Å²) in [5.41, 5.74) is 7.12. The molecule has 0 aliphatic heterocycles. The van der Waals surface area contributed by atoms with Gasteiger partial charge in [0.15, 0.2) is 0 Å². The number of nitrogens with two attached hydrogens (primary N) is 1. The fourth-order valence-corrected chi connectivity index (χ4v) is 1.84. The van der Waals surface area contributed by atoms with Gasteiger partial charge in [-0.3, -0.25) is 0 Å². The molecule has 0 unspecified atom stereocenters. The van der Waals surface area contributed by atoms with Crippen LogP contribution in [0.3, 0.4) is 0 Å². The van der Waals surface area contributed by atoms with Gasteiger partial charge in [0.25, 0.3) is 0 Å². The van der Waals surface area contributed by atoms with E-state index in [4.69, 9.17) is 10.3 Å². The molecule has 2 N–H and O–H groups in total. The lowest BCUT2D eigenvalue weighted by molar-refractivity contribution is 0.438. The zero-order valence-electron chi connectivity index (χ0n) is 10.2. The number of nitrogens with zero attached hydrogens (tertiary/aromatic N) is 1. The van der Waals surface area contributed by atoms with Gasteiger partial charge in [0, 0.05) is 17.2 Å². The number of halogens is 2. The van der Waals surface area contributed by atoms with Crippen LogP contribution in [-0.4, -0.2) is 5.16 Å². The molecule has 1 heterocycles. The number of hydrogen-bond acceptors (Lipinski definition) is 3. The van der Waals surface area contributed by atoms with Crippen LogP contribution >= 0.6 is 0 Å². The molecule has 0 amide bonds. The Morgan fingerprint density at radius 1 is 1.22 bits per heavy atom. The lowest BCUT2D eigenvalue weighted by Gasteiger charge is -2.05. The van der Waals surface area contributed by atoms with Crippen LogP contribution in [0.5, 0.6) is 0 Å². The molecular weight excluding hydrogens is 238 g/mol. The summed E-state index contributed by atoms with van der Waals surface area (Å²) in [4.78, 5) is 0. The summed E-state index contributed by atoms with van der Waals surface area (Å²) in [6.07, 6.45) is 0.642. The first-order valence-electron chi connectivity index (χ1n) is 5.68. The van der Waals surface area contributed by atoms with Gasteiger partial charge >= 0.3 is 0 Å². The van der Waals surface area contributed by atoms with Crippen molar-refractivity contribution in [2.75, 3.05) is 5.73 Å². The predicted octanol–water partition coefficient (Wildman–Crippen LogP) is 3.40. The minimum absolute atomic E-state index is 0.198. The molecule has 0 bridgehead atoms. The van der Waals surface area contributed by atoms with Crippen LogP contribution in [0.4, 0.5) is 14.7 Å². The normalized spacial score (nSPS) is 11.2. The molecule has 1 aromatic heterocycles. The van der Waals surface area contributed by atoms with Crippen molar-refractivity contribution in [1.82, 2.24) is 5.16 Å². The van der Waals surface area contributed by atoms with Gasteiger partial charge in [-0.15, -0.1) is 0 Å². The minimum Gasteiger partial charge on any atom is -0.367 e. The largest absolute Gasteiger partial charge is 0.367 e. The van der Waals surface area contributed by atoms with E-state index in [2.05, 4.69) is 5.16 Å². The second-order valence-corrected chi connectivity index (χ2v) is 4.63. The first-order chi connectivity index (χ1) is 8.47. The fraction of sp³-hybridized carbons (Fsp3) is 0.308. The molecule has 2 aromatic rings. The van der Waals surface area contributed by atoms with E-state index in [0.717, 1.165) is 6.07 Å². The Morgan fingerprint density at radius 3 is 2.39 bits per heavy atom. The quantitative estimate of drug-likeness (QED) is 0.910. The molecule has 96 valence electrons. The van der Waals surface area contributed by atoms with E-state index in [9.17, 15) is 8.78 Å². The van der Waals surface area contributed by atoms with Gasteiger partial charge in [-0.2, -0.15) is 0 Å². The molecule has 1 aromatic carbocycles. The number of nitrogen functional groups attached to an aromatic ring is 1. The Bertz CT molecular complexity index is 544. The van der Waals surface area contributed by atoms with Gasteiger partial charge in [0.2, 0.25) is 5.88 Å². The summed E-state index contributed by atoms with van der Waals surface area (Å²) in [6, 6.07) is 3.24. The molecule has 0 atom stereocenters. The van der Waals surface area contributed by atoms with E-state index in [1.165, 1.54) is 12.1 Å². The smallest absolute Gasteiger partial charge is 0.225 e. The molecular formula is C13H14F2N2O. The highest BCUT2D eigenvalue weighted by Crippen LogP contribution is 2.30. The lowest BCUT2D eigenvalue weighted by atomic mass is 9.99. The molecule has 18 heavy (non-hydrogen) atoms. The maximum absolute atomic E-state index is 13.2. The summed E-state index contributed by atoms with van der Waals surface area (Å²) in [5.74, 6) is -0.767. The molecule has 0 radical (unpaired) electrons. The van der Waals surface area contributed by atoms with Crippen LogP contribution in [0, 0.1) is 17.6 Å². The minimum atomic E-state index is -0.651. The first kappa shape index (κ1) is 12.5. The number of benzene rings is 1. The van der Waals surface area contributed by atoms with Crippen molar-refractivity contribution in [2.24, 2.45) is 5.92 Å². The van der Waals surface area contributed by atoms with Crippen molar-refractivity contribution in [3.8, 4) is 11.3 Å². The maximum atomic E-state index is 13.2. The summed E-state index contributed by atoms with van der Waals surface area (Å²) in [5, 5.41) is 3.79. The second kappa shape index (κ2) is 4.76. The van der Waals surface area contributed by atoms with Gasteiger partial charge in [-0.25, -0.2) is 8.78 Å². The molecule has 5 heteroatoms. The molecule has 2 rings (SSSR count). The van der Waals surface area contributed by atoms with E-state index in [1.54, 1.807) is 0 Å². The van der Waals surface area contributed by atoms with Crippen LogP contribution in [0.1, 0.15) is 19.4 Å². The van der Waals surface area contributed by atoms with Crippen molar-refractivity contribution >= 4 is 5.88 Å². The summed E-state index contributed by atoms with van der Waals surface area (Å²) < 4.78 is 31.3. The average Bonchev–Trinajstić information content (AvgIpc) is 2.58. The maximum Gasteiger partial charge on any atom is 0.225 e. The lowest BCUT2D eigenvalue weighted by Crippen LogP contribution is -1.99. The average molecular weight is 252 g/mol. The predicted molar refractivity (Wildman–Crippen MR) is 64.8 cm³/mol. The highest BCUT2D eigenvalue weighted by atomic mass is 19.1. The van der Waals surface area contributed by atoms with Gasteiger partial charge in [0.05, 0.1) is 0 Å². The second-order valence-electron chi connectivity index (χ2n) is 4.63. The van der Waals surface area contributed by atoms with Crippen molar-refractivity contribution in [1.29, 1.82) is 0 Å². The number of aromatic nitrogens is 1. The van der Waals surface area contributed by atoms with Crippen molar-refractivity contribution in [3.05, 3.63) is 35.4 Å². The van der Waals surface area contributed by atoms with Gasteiger partial charge in [0.1, 0.15) is 17.3 Å². The molecule has 0 saturated carbocycles. The Morgan fingerprint density at radius 2 is 1.83 bits per heavy atom. The van der Waals surface area contributed by atoms with Crippen LogP contribution in [0.15, 0.2) is 22.7 Å². The fourth-order valence-electron chi connectivity index (χ4n) is 1.84. The van der Waals surface area contributed by atoms with E-state index in [1.807, 2.05) is 13.8 Å². The van der Waals surface area contributed by atoms with Gasteiger partial charge in [-0.1, -0.05) is 19.0 Å². The zero-order valence-corrected chi connectivity index (χ0v) is 10.2. The third kappa shape index (κ3) is 2.50. The van der Waals surface area contributed by atoms with Gasteiger partial charge in [-0.05, 0) is 24.5 Å². The van der Waals surface area contributed by atoms with E-state index >= 15 is 0 Å². The van der Waals surface area contributed by atoms with Crippen LogP contribution in [-0.2, 0) is 6.42 Å². The van der Waals surface area contributed by atoms with Gasteiger partial charge < -0.3 is 10.3 Å². The Balaban J connectivity index is 2.50. The highest BCUT2D eigenvalue weighted by Gasteiger charge is 2.17. The van der Waals surface area contributed by atoms with Crippen LogP contribution < -0.4 is 5.73 Å². The molecule has 0 spiro atoms. The summed E-state index contributed by atoms with van der Waals surface area (Å²) in [6.45, 7) is 4.03. The van der Waals surface area contributed by atoms with Crippen molar-refractivity contribution < 1.29 is 13.3 Å². The molecule has 0 fully saturated rings. The molecule has 0 aliphatic rings. The Hall–Kier alpha value is -1.91. The number of hydrogen-bond donors (Lipinski definition) is 1. The number of rotatable bonds is 3. The monoisotopic (exact) mass is 252 g/mol. The number of anilines is 1. The molecule has 0 saturated heterocycles. The van der Waals surface area contributed by atoms with E-state index in [-0.39, 0.29) is 5.88 Å². The summed E-state index contributed by atoms with van der Waals surface area (Å²) >= 11 is 0. The van der Waals surface area contributed by atoms with Crippen molar-refractivity contribution in [2.45, 2.75) is 20.3 Å². The van der Waals surface area contributed by atoms with Crippen molar-refractivity contribution in [3.63, 3.8) is 0 Å². The van der Waals surface area contributed by atoms with E-state index in [0.29, 0.717) is 29.2 Å². The van der Waals surface area contributed by atoms with E-state index < -0.39 is 11.6 Å². The third-order valence-electron chi connectivity index (χ3n) is 2.57. The zero-order chi connectivity index (χ0) is 13.3. The SMILES string of the molecule is CC(C)Cc1c(-c2cc(F)cc(F)c2)noc1N. The Labute approximate surface area is 104 Å². The third-order valence-corrected chi connectivity index (χ3v) is 2.57. The molecule has 0 aliphatic carbocycles. The standard InChI is InChI=1S/C13H14F2N2O/c1-7(2)3-11-12(17-18-13(11)16)8-4-9(14)6-10(15)5-8/h4-7H,3,16H2,1-2H3.